The highest BCUT2D eigenvalue weighted by Gasteiger charge is 2.48. The molecule has 1 aliphatic carbocycles. The third kappa shape index (κ3) is 4.72. The number of aliphatic carboxylic acids is 1. The summed E-state index contributed by atoms with van der Waals surface area (Å²) in [4.78, 5) is 11.6. The second-order valence-electron chi connectivity index (χ2n) is 5.72. The molecule has 1 fully saturated rings. The van der Waals surface area contributed by atoms with Crippen LogP contribution in [0.3, 0.4) is 0 Å². The molecule has 0 amide bonds. The van der Waals surface area contributed by atoms with Crippen molar-refractivity contribution >= 4 is 5.97 Å². The van der Waals surface area contributed by atoms with Crippen LogP contribution < -0.4 is 5.32 Å². The molecule has 2 atom stereocenters. The fraction of sp³-hybridized carbons (Fsp3) is 0.933. The molecule has 0 bridgehead atoms. The van der Waals surface area contributed by atoms with E-state index in [0.717, 1.165) is 25.7 Å². The van der Waals surface area contributed by atoms with Gasteiger partial charge in [0.15, 0.2) is 0 Å². The number of ether oxygens (including phenoxy) is 2. The number of nitrogens with one attached hydrogen (secondary N) is 1. The van der Waals surface area contributed by atoms with Crippen molar-refractivity contribution in [3.05, 3.63) is 0 Å². The highest BCUT2D eigenvalue weighted by Crippen LogP contribution is 2.38. The van der Waals surface area contributed by atoms with Gasteiger partial charge in [0, 0.05) is 6.61 Å². The van der Waals surface area contributed by atoms with Gasteiger partial charge in [0.2, 0.25) is 0 Å². The van der Waals surface area contributed by atoms with Crippen molar-refractivity contribution in [2.45, 2.75) is 58.1 Å². The summed E-state index contributed by atoms with van der Waals surface area (Å²) in [7, 11) is 0. The molecule has 0 radical (unpaired) electrons. The molecule has 0 aromatic carbocycles. The third-order valence-electron chi connectivity index (χ3n) is 3.98. The van der Waals surface area contributed by atoms with Crippen molar-refractivity contribution < 1.29 is 19.4 Å². The van der Waals surface area contributed by atoms with E-state index in [4.69, 9.17) is 9.47 Å². The Morgan fingerprint density at radius 3 is 2.75 bits per heavy atom. The monoisotopic (exact) mass is 287 g/mol. The molecular weight excluding hydrogens is 258 g/mol. The van der Waals surface area contributed by atoms with Gasteiger partial charge >= 0.3 is 5.97 Å². The summed E-state index contributed by atoms with van der Waals surface area (Å²) >= 11 is 0. The van der Waals surface area contributed by atoms with Gasteiger partial charge in [0.1, 0.15) is 5.54 Å². The number of likely N-dealkylation sites (N-methyl/N-ethyl adjacent to an activating group) is 1. The van der Waals surface area contributed by atoms with E-state index in [0.29, 0.717) is 26.4 Å². The zero-order valence-corrected chi connectivity index (χ0v) is 13.0. The first-order valence-corrected chi connectivity index (χ1v) is 7.70. The maximum absolute atomic E-state index is 11.6. The number of hydrogen-bond acceptors (Lipinski definition) is 4. The highest BCUT2D eigenvalue weighted by atomic mass is 16.5. The maximum atomic E-state index is 11.6. The molecule has 1 saturated carbocycles. The first-order valence-electron chi connectivity index (χ1n) is 7.70. The van der Waals surface area contributed by atoms with Gasteiger partial charge in [0.05, 0.1) is 19.3 Å². The summed E-state index contributed by atoms with van der Waals surface area (Å²) < 4.78 is 11.0. The minimum Gasteiger partial charge on any atom is -0.480 e. The predicted octanol–water partition coefficient (Wildman–Crippen LogP) is 2.05. The fourth-order valence-electron chi connectivity index (χ4n) is 3.04. The normalized spacial score (nSPS) is 26.3. The van der Waals surface area contributed by atoms with E-state index in [9.17, 15) is 9.90 Å². The fourth-order valence-corrected chi connectivity index (χ4v) is 3.04. The minimum absolute atomic E-state index is 0.158. The maximum Gasteiger partial charge on any atom is 0.324 e. The van der Waals surface area contributed by atoms with E-state index < -0.39 is 11.5 Å². The van der Waals surface area contributed by atoms with E-state index in [2.05, 4.69) is 5.32 Å². The van der Waals surface area contributed by atoms with Gasteiger partial charge in [-0.15, -0.1) is 0 Å². The van der Waals surface area contributed by atoms with Crippen LogP contribution in [0, 0.1) is 5.92 Å². The molecule has 5 heteroatoms. The molecule has 0 aliphatic heterocycles. The molecule has 118 valence electrons. The number of carboxylic acids is 1. The molecular formula is C15H29NO4. The van der Waals surface area contributed by atoms with Crippen LogP contribution in [-0.2, 0) is 14.3 Å². The van der Waals surface area contributed by atoms with E-state index in [1.165, 1.54) is 0 Å². The molecule has 0 heterocycles. The Morgan fingerprint density at radius 2 is 2.15 bits per heavy atom. The molecule has 20 heavy (non-hydrogen) atoms. The van der Waals surface area contributed by atoms with Gasteiger partial charge in [0.25, 0.3) is 0 Å². The molecule has 0 saturated heterocycles. The van der Waals surface area contributed by atoms with Crippen molar-refractivity contribution in [2.75, 3.05) is 26.4 Å². The third-order valence-corrected chi connectivity index (χ3v) is 3.98. The van der Waals surface area contributed by atoms with Crippen LogP contribution in [0.25, 0.3) is 0 Å². The van der Waals surface area contributed by atoms with E-state index in [1.54, 1.807) is 0 Å². The largest absolute Gasteiger partial charge is 0.480 e. The average Bonchev–Trinajstić information content (AvgIpc) is 2.78. The summed E-state index contributed by atoms with van der Waals surface area (Å²) in [6.45, 7) is 8.41. The van der Waals surface area contributed by atoms with Crippen LogP contribution in [0.2, 0.25) is 0 Å². The van der Waals surface area contributed by atoms with Gasteiger partial charge in [-0.3, -0.25) is 4.79 Å². The topological polar surface area (TPSA) is 67.8 Å². The van der Waals surface area contributed by atoms with Gasteiger partial charge in [-0.2, -0.15) is 0 Å². The first kappa shape index (κ1) is 17.4. The van der Waals surface area contributed by atoms with E-state index in [1.807, 2.05) is 20.8 Å². The Morgan fingerprint density at radius 1 is 1.40 bits per heavy atom. The zero-order valence-electron chi connectivity index (χ0n) is 13.0. The Labute approximate surface area is 122 Å². The Bertz CT molecular complexity index is 296. The lowest BCUT2D eigenvalue weighted by Gasteiger charge is -2.32. The molecule has 0 aromatic rings. The highest BCUT2D eigenvalue weighted by molar-refractivity contribution is 5.79. The van der Waals surface area contributed by atoms with Crippen molar-refractivity contribution in [3.63, 3.8) is 0 Å². The molecule has 1 rings (SSSR count). The molecule has 5 nitrogen and oxygen atoms in total. The van der Waals surface area contributed by atoms with Crippen LogP contribution in [0.5, 0.6) is 0 Å². The van der Waals surface area contributed by atoms with Gasteiger partial charge in [-0.25, -0.2) is 0 Å². The van der Waals surface area contributed by atoms with Gasteiger partial charge < -0.3 is 19.9 Å². The zero-order chi connectivity index (χ0) is 15.0. The quantitative estimate of drug-likeness (QED) is 0.602. The van der Waals surface area contributed by atoms with Crippen molar-refractivity contribution in [1.82, 2.24) is 5.32 Å². The number of hydrogen-bond donors (Lipinski definition) is 2. The van der Waals surface area contributed by atoms with Crippen molar-refractivity contribution in [3.8, 4) is 0 Å². The molecule has 0 aromatic heterocycles. The minimum atomic E-state index is -0.744. The SMILES string of the molecule is CCNC1(C(=O)O)CCCC1CCOCCOC(C)C. The average molecular weight is 287 g/mol. The summed E-state index contributed by atoms with van der Waals surface area (Å²) in [5, 5.41) is 12.7. The van der Waals surface area contributed by atoms with Crippen LogP contribution in [0.15, 0.2) is 0 Å². The summed E-state index contributed by atoms with van der Waals surface area (Å²) in [6.07, 6.45) is 3.67. The lowest BCUT2D eigenvalue weighted by molar-refractivity contribution is -0.147. The van der Waals surface area contributed by atoms with Crippen LogP contribution in [-0.4, -0.2) is 49.1 Å². The predicted molar refractivity (Wildman–Crippen MR) is 77.9 cm³/mol. The number of rotatable bonds is 10. The van der Waals surface area contributed by atoms with Crippen LogP contribution in [0.4, 0.5) is 0 Å². The number of carbonyl (C=O) groups is 1. The van der Waals surface area contributed by atoms with Crippen molar-refractivity contribution in [2.24, 2.45) is 5.92 Å². The Balaban J connectivity index is 2.32. The Kier molecular flexibility index (Phi) is 7.48. The number of carboxylic acid groups (broad SMARTS) is 1. The second kappa shape index (κ2) is 8.60. The van der Waals surface area contributed by atoms with E-state index >= 15 is 0 Å². The van der Waals surface area contributed by atoms with Gasteiger partial charge in [-0.05, 0) is 45.6 Å². The smallest absolute Gasteiger partial charge is 0.324 e. The first-order chi connectivity index (χ1) is 9.53. The summed E-state index contributed by atoms with van der Waals surface area (Å²) in [5.74, 6) is -0.559. The second-order valence-corrected chi connectivity index (χ2v) is 5.72. The molecule has 0 spiro atoms. The molecule has 2 N–H and O–H groups in total. The lowest BCUT2D eigenvalue weighted by Crippen LogP contribution is -2.54. The van der Waals surface area contributed by atoms with Crippen LogP contribution in [0.1, 0.15) is 46.5 Å². The summed E-state index contributed by atoms with van der Waals surface area (Å²) in [6, 6.07) is 0. The standard InChI is InChI=1S/C15H29NO4/c1-4-16-15(14(17)18)8-5-6-13(15)7-9-19-10-11-20-12(2)3/h12-13,16H,4-11H2,1-3H3,(H,17,18). The van der Waals surface area contributed by atoms with E-state index in [-0.39, 0.29) is 12.0 Å². The van der Waals surface area contributed by atoms with Gasteiger partial charge in [-0.1, -0.05) is 13.3 Å². The Hall–Kier alpha value is -0.650. The molecule has 1 aliphatic rings. The molecule has 2 unspecified atom stereocenters. The van der Waals surface area contributed by atoms with Crippen molar-refractivity contribution in [1.29, 1.82) is 0 Å². The lowest BCUT2D eigenvalue weighted by atomic mass is 9.84. The van der Waals surface area contributed by atoms with Crippen LogP contribution >= 0.6 is 0 Å². The summed E-state index contributed by atoms with van der Waals surface area (Å²) in [5.41, 5.74) is -0.744.